The van der Waals surface area contributed by atoms with Crippen LogP contribution in [0.1, 0.15) is 17.3 Å². The summed E-state index contributed by atoms with van der Waals surface area (Å²) in [5.41, 5.74) is 0.722. The molecule has 0 fully saturated rings. The number of anilines is 1. The quantitative estimate of drug-likeness (QED) is 0.827. The number of pyridine rings is 1. The molecule has 1 heterocycles. The van der Waals surface area contributed by atoms with Crippen LogP contribution in [0.25, 0.3) is 0 Å². The van der Waals surface area contributed by atoms with Gasteiger partial charge in [0.05, 0.1) is 29.4 Å². The highest BCUT2D eigenvalue weighted by atomic mass is 16.4. The Labute approximate surface area is 93.9 Å². The van der Waals surface area contributed by atoms with Gasteiger partial charge in [0.15, 0.2) is 0 Å². The Morgan fingerprint density at radius 2 is 2.44 bits per heavy atom. The van der Waals surface area contributed by atoms with E-state index in [1.54, 1.807) is 18.9 Å². The first-order chi connectivity index (χ1) is 7.56. The summed E-state index contributed by atoms with van der Waals surface area (Å²) in [5, 5.41) is 17.7. The van der Waals surface area contributed by atoms with Crippen molar-refractivity contribution in [3.05, 3.63) is 24.0 Å². The first-order valence-electron chi connectivity index (χ1n) is 4.84. The van der Waals surface area contributed by atoms with Crippen LogP contribution >= 0.6 is 0 Å². The number of nitriles is 1. The number of carbonyl (C=O) groups is 1. The number of aromatic nitrogens is 1. The number of carboxylic acid groups (broad SMARTS) is 1. The zero-order valence-corrected chi connectivity index (χ0v) is 9.21. The molecule has 0 radical (unpaired) electrons. The normalized spacial score (nSPS) is 11.6. The van der Waals surface area contributed by atoms with Crippen LogP contribution < -0.4 is 4.90 Å². The SMILES string of the molecule is CC(C#N)CN(C)c1cnccc1C(=O)O. The van der Waals surface area contributed by atoms with E-state index < -0.39 is 5.97 Å². The minimum absolute atomic E-state index is 0.160. The van der Waals surface area contributed by atoms with E-state index in [1.807, 2.05) is 0 Å². The molecule has 0 aliphatic carbocycles. The van der Waals surface area contributed by atoms with E-state index in [1.165, 1.54) is 18.5 Å². The molecule has 0 saturated carbocycles. The predicted octanol–water partition coefficient (Wildman–Crippen LogP) is 1.38. The Balaban J connectivity index is 2.95. The Bertz CT molecular complexity index is 425. The Kier molecular flexibility index (Phi) is 3.84. The van der Waals surface area contributed by atoms with Gasteiger partial charge in [0.2, 0.25) is 0 Å². The maximum absolute atomic E-state index is 11.0. The van der Waals surface area contributed by atoms with Crippen molar-refractivity contribution in [1.29, 1.82) is 5.26 Å². The van der Waals surface area contributed by atoms with Crippen LogP contribution in [0.5, 0.6) is 0 Å². The van der Waals surface area contributed by atoms with Gasteiger partial charge in [-0.2, -0.15) is 5.26 Å². The Morgan fingerprint density at radius 1 is 1.75 bits per heavy atom. The van der Waals surface area contributed by atoms with E-state index >= 15 is 0 Å². The monoisotopic (exact) mass is 219 g/mol. The van der Waals surface area contributed by atoms with Crippen molar-refractivity contribution in [3.8, 4) is 6.07 Å². The van der Waals surface area contributed by atoms with Gasteiger partial charge in [0.25, 0.3) is 0 Å². The molecule has 16 heavy (non-hydrogen) atoms. The average molecular weight is 219 g/mol. The minimum atomic E-state index is -0.992. The van der Waals surface area contributed by atoms with Gasteiger partial charge in [-0.1, -0.05) is 0 Å². The third-order valence-electron chi connectivity index (χ3n) is 2.21. The van der Waals surface area contributed by atoms with Gasteiger partial charge in [-0.15, -0.1) is 0 Å². The number of hydrogen-bond donors (Lipinski definition) is 1. The number of aromatic carboxylic acids is 1. The molecule has 5 nitrogen and oxygen atoms in total. The third kappa shape index (κ3) is 2.70. The van der Waals surface area contributed by atoms with Gasteiger partial charge < -0.3 is 10.0 Å². The standard InChI is InChI=1S/C11H13N3O2/c1-8(5-12)7-14(2)10-6-13-4-3-9(10)11(15)16/h3-4,6,8H,7H2,1-2H3,(H,15,16). The molecule has 1 aromatic rings. The molecule has 1 rings (SSSR count). The fourth-order valence-electron chi connectivity index (χ4n) is 1.42. The van der Waals surface area contributed by atoms with Crippen LogP contribution in [0.2, 0.25) is 0 Å². The lowest BCUT2D eigenvalue weighted by Gasteiger charge is -2.21. The Hall–Kier alpha value is -2.09. The van der Waals surface area contributed by atoms with Gasteiger partial charge in [-0.3, -0.25) is 4.98 Å². The van der Waals surface area contributed by atoms with Crippen LogP contribution in [0, 0.1) is 17.2 Å². The zero-order chi connectivity index (χ0) is 12.1. The molecular formula is C11H13N3O2. The molecule has 1 aromatic heterocycles. The number of carboxylic acids is 1. The summed E-state index contributed by atoms with van der Waals surface area (Å²) in [6, 6.07) is 3.55. The van der Waals surface area contributed by atoms with Crippen LogP contribution in [0.3, 0.4) is 0 Å². The van der Waals surface area contributed by atoms with E-state index in [-0.39, 0.29) is 11.5 Å². The molecule has 0 aromatic carbocycles. The lowest BCUT2D eigenvalue weighted by molar-refractivity contribution is 0.0697. The van der Waals surface area contributed by atoms with E-state index in [0.29, 0.717) is 12.2 Å². The average Bonchev–Trinajstić information content (AvgIpc) is 2.28. The van der Waals surface area contributed by atoms with Gasteiger partial charge in [0, 0.05) is 19.8 Å². The molecule has 1 atom stereocenters. The summed E-state index contributed by atoms with van der Waals surface area (Å²) in [6.45, 7) is 2.26. The molecule has 0 aliphatic heterocycles. The second kappa shape index (κ2) is 5.12. The zero-order valence-electron chi connectivity index (χ0n) is 9.21. The van der Waals surface area contributed by atoms with Crippen molar-refractivity contribution in [2.75, 3.05) is 18.5 Å². The van der Waals surface area contributed by atoms with E-state index in [0.717, 1.165) is 0 Å². The predicted molar refractivity (Wildman–Crippen MR) is 59.2 cm³/mol. The molecule has 0 aliphatic rings. The van der Waals surface area contributed by atoms with Crippen molar-refractivity contribution in [1.82, 2.24) is 4.98 Å². The summed E-state index contributed by atoms with van der Waals surface area (Å²) in [7, 11) is 1.75. The highest BCUT2D eigenvalue weighted by molar-refractivity contribution is 5.94. The van der Waals surface area contributed by atoms with Gasteiger partial charge in [-0.25, -0.2) is 4.79 Å². The number of nitrogens with zero attached hydrogens (tertiary/aromatic N) is 3. The van der Waals surface area contributed by atoms with E-state index in [9.17, 15) is 4.79 Å². The summed E-state index contributed by atoms with van der Waals surface area (Å²) in [6.07, 6.45) is 2.93. The van der Waals surface area contributed by atoms with Crippen molar-refractivity contribution in [3.63, 3.8) is 0 Å². The first-order valence-corrected chi connectivity index (χ1v) is 4.84. The summed E-state index contributed by atoms with van der Waals surface area (Å²) < 4.78 is 0. The van der Waals surface area contributed by atoms with E-state index in [2.05, 4.69) is 11.1 Å². The molecular weight excluding hydrogens is 206 g/mol. The molecule has 1 unspecified atom stereocenters. The van der Waals surface area contributed by atoms with E-state index in [4.69, 9.17) is 10.4 Å². The van der Waals surface area contributed by atoms with Crippen LogP contribution in [-0.4, -0.2) is 29.7 Å². The van der Waals surface area contributed by atoms with Crippen LogP contribution in [0.4, 0.5) is 5.69 Å². The highest BCUT2D eigenvalue weighted by Crippen LogP contribution is 2.18. The van der Waals surface area contributed by atoms with Gasteiger partial charge in [0.1, 0.15) is 0 Å². The topological polar surface area (TPSA) is 77.2 Å². The van der Waals surface area contributed by atoms with Crippen LogP contribution in [-0.2, 0) is 0 Å². The summed E-state index contributed by atoms with van der Waals surface area (Å²) in [5.74, 6) is -1.15. The van der Waals surface area contributed by atoms with Crippen molar-refractivity contribution in [2.45, 2.75) is 6.92 Å². The third-order valence-corrected chi connectivity index (χ3v) is 2.21. The molecule has 0 spiro atoms. The highest BCUT2D eigenvalue weighted by Gasteiger charge is 2.14. The largest absolute Gasteiger partial charge is 0.478 e. The van der Waals surface area contributed by atoms with Gasteiger partial charge >= 0.3 is 5.97 Å². The fourth-order valence-corrected chi connectivity index (χ4v) is 1.42. The molecule has 1 N–H and O–H groups in total. The van der Waals surface area contributed by atoms with Crippen LogP contribution in [0.15, 0.2) is 18.5 Å². The lowest BCUT2D eigenvalue weighted by atomic mass is 10.1. The van der Waals surface area contributed by atoms with Crippen molar-refractivity contribution < 1.29 is 9.90 Å². The number of rotatable bonds is 4. The maximum atomic E-state index is 11.0. The molecule has 0 saturated heterocycles. The molecule has 5 heteroatoms. The number of hydrogen-bond acceptors (Lipinski definition) is 4. The first kappa shape index (κ1) is 12.0. The van der Waals surface area contributed by atoms with Crippen molar-refractivity contribution in [2.24, 2.45) is 5.92 Å². The lowest BCUT2D eigenvalue weighted by Crippen LogP contribution is -2.25. The second-order valence-corrected chi connectivity index (χ2v) is 3.61. The van der Waals surface area contributed by atoms with Crippen molar-refractivity contribution >= 4 is 11.7 Å². The Morgan fingerprint density at radius 3 is 3.00 bits per heavy atom. The molecule has 0 bridgehead atoms. The molecule has 0 amide bonds. The minimum Gasteiger partial charge on any atom is -0.478 e. The molecule has 84 valence electrons. The van der Waals surface area contributed by atoms with Gasteiger partial charge in [-0.05, 0) is 13.0 Å². The maximum Gasteiger partial charge on any atom is 0.337 e. The smallest absolute Gasteiger partial charge is 0.337 e. The summed E-state index contributed by atoms with van der Waals surface area (Å²) >= 11 is 0. The summed E-state index contributed by atoms with van der Waals surface area (Å²) in [4.78, 5) is 16.6. The fraction of sp³-hybridized carbons (Fsp3) is 0.364. The second-order valence-electron chi connectivity index (χ2n) is 3.61.